The number of nitrogens with zero attached hydrogens (tertiary/aromatic N) is 1. The van der Waals surface area contributed by atoms with E-state index >= 15 is 0 Å². The van der Waals surface area contributed by atoms with E-state index in [0.29, 0.717) is 18.8 Å². The van der Waals surface area contributed by atoms with Gasteiger partial charge in [-0.2, -0.15) is 8.42 Å². The van der Waals surface area contributed by atoms with Crippen LogP contribution >= 0.6 is 11.6 Å². The second-order valence-electron chi connectivity index (χ2n) is 3.82. The molecular weight excluding hydrogens is 264 g/mol. The number of piperazine rings is 1. The lowest BCUT2D eigenvalue weighted by molar-refractivity contribution is 0.482. The fraction of sp³-hybridized carbons (Fsp3) is 0.400. The fourth-order valence-electron chi connectivity index (χ4n) is 1.86. The van der Waals surface area contributed by atoms with Gasteiger partial charge in [-0.05, 0) is 18.2 Å². The van der Waals surface area contributed by atoms with E-state index in [1.807, 2.05) is 4.90 Å². The SMILES string of the molecule is O=S(=O)(O)c1cc(Cl)ccc1N1CCNCC1. The van der Waals surface area contributed by atoms with Crippen LogP contribution < -0.4 is 10.2 Å². The summed E-state index contributed by atoms with van der Waals surface area (Å²) in [7, 11) is -4.25. The van der Waals surface area contributed by atoms with Crippen LogP contribution in [0.2, 0.25) is 5.02 Å². The summed E-state index contributed by atoms with van der Waals surface area (Å²) in [5.74, 6) is 0. The Morgan fingerprint density at radius 3 is 2.53 bits per heavy atom. The average molecular weight is 277 g/mol. The minimum atomic E-state index is -4.25. The number of halogens is 1. The highest BCUT2D eigenvalue weighted by Gasteiger charge is 2.21. The second kappa shape index (κ2) is 4.81. The van der Waals surface area contributed by atoms with Gasteiger partial charge in [0.05, 0.1) is 5.69 Å². The zero-order valence-corrected chi connectivity index (χ0v) is 10.6. The summed E-state index contributed by atoms with van der Waals surface area (Å²) in [6, 6.07) is 4.51. The van der Waals surface area contributed by atoms with Crippen LogP contribution in [-0.2, 0) is 10.1 Å². The number of nitrogens with one attached hydrogen (secondary N) is 1. The van der Waals surface area contributed by atoms with Crippen LogP contribution in [0.4, 0.5) is 5.69 Å². The monoisotopic (exact) mass is 276 g/mol. The molecule has 7 heteroatoms. The third-order valence-corrected chi connectivity index (χ3v) is 3.78. The third kappa shape index (κ3) is 2.90. The molecule has 1 aromatic rings. The molecule has 2 N–H and O–H groups in total. The molecule has 0 unspecified atom stereocenters. The molecule has 1 aromatic carbocycles. The molecule has 0 aromatic heterocycles. The summed E-state index contributed by atoms with van der Waals surface area (Å²) < 4.78 is 31.8. The van der Waals surface area contributed by atoms with Crippen molar-refractivity contribution in [3.8, 4) is 0 Å². The van der Waals surface area contributed by atoms with Crippen LogP contribution in [0.3, 0.4) is 0 Å². The molecule has 5 nitrogen and oxygen atoms in total. The number of rotatable bonds is 2. The summed E-state index contributed by atoms with van der Waals surface area (Å²) in [5, 5.41) is 3.46. The molecule has 1 heterocycles. The number of hydrogen-bond donors (Lipinski definition) is 2. The van der Waals surface area contributed by atoms with Crippen molar-refractivity contribution in [2.24, 2.45) is 0 Å². The normalized spacial score (nSPS) is 17.2. The number of anilines is 1. The topological polar surface area (TPSA) is 69.6 Å². The molecule has 0 aliphatic carbocycles. The number of hydrogen-bond acceptors (Lipinski definition) is 4. The average Bonchev–Trinajstić information content (AvgIpc) is 2.29. The predicted octanol–water partition coefficient (Wildman–Crippen LogP) is 0.996. The highest BCUT2D eigenvalue weighted by atomic mass is 35.5. The van der Waals surface area contributed by atoms with Gasteiger partial charge in [0.1, 0.15) is 4.90 Å². The van der Waals surface area contributed by atoms with Gasteiger partial charge in [-0.3, -0.25) is 4.55 Å². The van der Waals surface area contributed by atoms with Crippen LogP contribution in [0.5, 0.6) is 0 Å². The summed E-state index contributed by atoms with van der Waals surface area (Å²) in [4.78, 5) is 1.78. The number of benzene rings is 1. The van der Waals surface area contributed by atoms with Crippen molar-refractivity contribution in [2.45, 2.75) is 4.90 Å². The lowest BCUT2D eigenvalue weighted by Gasteiger charge is -2.30. The first kappa shape index (κ1) is 12.6. The molecule has 1 fully saturated rings. The summed E-state index contributed by atoms with van der Waals surface area (Å²) in [6.45, 7) is 2.97. The molecule has 0 radical (unpaired) electrons. The van der Waals surface area contributed by atoms with Crippen LogP contribution in [0, 0.1) is 0 Å². The van der Waals surface area contributed by atoms with Crippen molar-refractivity contribution in [3.05, 3.63) is 23.2 Å². The second-order valence-corrected chi connectivity index (χ2v) is 5.65. The van der Waals surface area contributed by atoms with Gasteiger partial charge >= 0.3 is 0 Å². The molecular formula is C10H13ClN2O3S. The highest BCUT2D eigenvalue weighted by Crippen LogP contribution is 2.28. The quantitative estimate of drug-likeness (QED) is 0.789. The van der Waals surface area contributed by atoms with E-state index in [-0.39, 0.29) is 9.92 Å². The summed E-state index contributed by atoms with van der Waals surface area (Å²) in [6.07, 6.45) is 0. The predicted molar refractivity (Wildman–Crippen MR) is 66.3 cm³/mol. The standard InChI is InChI=1S/C10H13ClN2O3S/c11-8-1-2-9(10(7-8)17(14,15)16)13-5-3-12-4-6-13/h1-2,7,12H,3-6H2,(H,14,15,16). The van der Waals surface area contributed by atoms with Crippen molar-refractivity contribution in [2.75, 3.05) is 31.1 Å². The van der Waals surface area contributed by atoms with Crippen molar-refractivity contribution in [3.63, 3.8) is 0 Å². The van der Waals surface area contributed by atoms with Gasteiger partial charge < -0.3 is 10.2 Å². The molecule has 0 atom stereocenters. The Labute approximate surface area is 105 Å². The molecule has 0 amide bonds. The van der Waals surface area contributed by atoms with Gasteiger partial charge in [0, 0.05) is 31.2 Å². The highest BCUT2D eigenvalue weighted by molar-refractivity contribution is 7.86. The molecule has 17 heavy (non-hydrogen) atoms. The maximum Gasteiger partial charge on any atom is 0.296 e. The smallest absolute Gasteiger partial charge is 0.296 e. The zero-order chi connectivity index (χ0) is 12.5. The van der Waals surface area contributed by atoms with E-state index in [4.69, 9.17) is 11.6 Å². The maximum absolute atomic E-state index is 11.3. The first-order chi connectivity index (χ1) is 7.98. The summed E-state index contributed by atoms with van der Waals surface area (Å²) in [5.41, 5.74) is 0.499. The molecule has 2 rings (SSSR count). The van der Waals surface area contributed by atoms with Crippen molar-refractivity contribution in [1.29, 1.82) is 0 Å². The van der Waals surface area contributed by atoms with E-state index in [9.17, 15) is 13.0 Å². The lowest BCUT2D eigenvalue weighted by Crippen LogP contribution is -2.44. The lowest BCUT2D eigenvalue weighted by atomic mass is 10.2. The van der Waals surface area contributed by atoms with Crippen molar-refractivity contribution in [1.82, 2.24) is 5.32 Å². The van der Waals surface area contributed by atoms with Crippen LogP contribution in [0.15, 0.2) is 23.1 Å². The maximum atomic E-state index is 11.3. The molecule has 1 aliphatic heterocycles. The first-order valence-corrected chi connectivity index (χ1v) is 7.03. The van der Waals surface area contributed by atoms with E-state index in [1.54, 1.807) is 12.1 Å². The Kier molecular flexibility index (Phi) is 3.58. The minimum Gasteiger partial charge on any atom is -0.368 e. The van der Waals surface area contributed by atoms with Crippen LogP contribution in [0.25, 0.3) is 0 Å². The largest absolute Gasteiger partial charge is 0.368 e. The van der Waals surface area contributed by atoms with E-state index in [0.717, 1.165) is 13.1 Å². The molecule has 1 aliphatic rings. The molecule has 0 saturated carbocycles. The van der Waals surface area contributed by atoms with Crippen LogP contribution in [-0.4, -0.2) is 39.1 Å². The van der Waals surface area contributed by atoms with Gasteiger partial charge in [-0.25, -0.2) is 0 Å². The summed E-state index contributed by atoms with van der Waals surface area (Å²) >= 11 is 5.76. The third-order valence-electron chi connectivity index (χ3n) is 2.66. The Balaban J connectivity index is 2.45. The Hall–Kier alpha value is -0.820. The first-order valence-electron chi connectivity index (χ1n) is 5.21. The van der Waals surface area contributed by atoms with E-state index in [1.165, 1.54) is 6.07 Å². The van der Waals surface area contributed by atoms with Crippen LogP contribution in [0.1, 0.15) is 0 Å². The van der Waals surface area contributed by atoms with E-state index < -0.39 is 10.1 Å². The molecule has 1 saturated heterocycles. The zero-order valence-electron chi connectivity index (χ0n) is 9.06. The van der Waals surface area contributed by atoms with Crippen molar-refractivity contribution < 1.29 is 13.0 Å². The van der Waals surface area contributed by atoms with Gasteiger partial charge in [-0.15, -0.1) is 0 Å². The van der Waals surface area contributed by atoms with Gasteiger partial charge in [0.2, 0.25) is 0 Å². The Morgan fingerprint density at radius 1 is 1.29 bits per heavy atom. The van der Waals surface area contributed by atoms with Crippen molar-refractivity contribution >= 4 is 27.4 Å². The minimum absolute atomic E-state index is 0.132. The Bertz CT molecular complexity index is 512. The molecule has 0 bridgehead atoms. The fourth-order valence-corrected chi connectivity index (χ4v) is 2.84. The molecule has 0 spiro atoms. The van der Waals surface area contributed by atoms with E-state index in [2.05, 4.69) is 5.32 Å². The van der Waals surface area contributed by atoms with Gasteiger partial charge in [-0.1, -0.05) is 11.6 Å². The Morgan fingerprint density at radius 2 is 1.94 bits per heavy atom. The molecule has 94 valence electrons. The van der Waals surface area contributed by atoms with Gasteiger partial charge in [0.15, 0.2) is 0 Å². The van der Waals surface area contributed by atoms with Gasteiger partial charge in [0.25, 0.3) is 10.1 Å².